The van der Waals surface area contributed by atoms with Crippen molar-refractivity contribution in [2.75, 3.05) is 6.54 Å². The number of pyridine rings is 1. The van der Waals surface area contributed by atoms with Gasteiger partial charge < -0.3 is 9.73 Å². The summed E-state index contributed by atoms with van der Waals surface area (Å²) in [5.74, 6) is 2.44. The molecule has 1 aliphatic carbocycles. The zero-order valence-electron chi connectivity index (χ0n) is 19.0. The Morgan fingerprint density at radius 1 is 1.16 bits per heavy atom. The lowest BCUT2D eigenvalue weighted by molar-refractivity contribution is 0.218. The second-order valence-corrected chi connectivity index (χ2v) is 9.09. The molecule has 2 heterocycles. The Kier molecular flexibility index (Phi) is 7.10. The minimum Gasteiger partial charge on any atom is -0.421 e. The van der Waals surface area contributed by atoms with Crippen LogP contribution in [0.4, 0.5) is 4.39 Å². The molecule has 0 bridgehead atoms. The van der Waals surface area contributed by atoms with Crippen LogP contribution in [0, 0.1) is 29.5 Å². The lowest BCUT2D eigenvalue weighted by Gasteiger charge is -2.37. The molecule has 2 aromatic heterocycles. The second kappa shape index (κ2) is 10.2. The summed E-state index contributed by atoms with van der Waals surface area (Å²) in [6.45, 7) is 8.57. The number of hydrogen-bond acceptors (Lipinski definition) is 5. The van der Waals surface area contributed by atoms with Gasteiger partial charge in [0.1, 0.15) is 5.82 Å². The second-order valence-electron chi connectivity index (χ2n) is 9.09. The maximum atomic E-state index is 14.1. The maximum absolute atomic E-state index is 14.1. The molecule has 32 heavy (non-hydrogen) atoms. The molecule has 6 heteroatoms. The first-order valence-corrected chi connectivity index (χ1v) is 11.4. The Morgan fingerprint density at radius 3 is 2.75 bits per heavy atom. The zero-order valence-corrected chi connectivity index (χ0v) is 19.0. The van der Waals surface area contributed by atoms with Crippen LogP contribution in [0.3, 0.4) is 0 Å². The number of nitrogens with one attached hydrogen (secondary N) is 1. The van der Waals surface area contributed by atoms with Gasteiger partial charge in [-0.05, 0) is 60.8 Å². The molecule has 3 atom stereocenters. The first-order valence-electron chi connectivity index (χ1n) is 11.4. The van der Waals surface area contributed by atoms with E-state index in [1.54, 1.807) is 24.4 Å². The summed E-state index contributed by atoms with van der Waals surface area (Å²) in [6, 6.07) is 10.6. The molecule has 0 saturated carbocycles. The average Bonchev–Trinajstić information content (AvgIpc) is 3.24. The van der Waals surface area contributed by atoms with Gasteiger partial charge in [0.25, 0.3) is 5.89 Å². The van der Waals surface area contributed by atoms with Gasteiger partial charge in [0, 0.05) is 31.9 Å². The van der Waals surface area contributed by atoms with Crippen molar-refractivity contribution in [1.82, 2.24) is 20.5 Å². The number of nitrogens with zero attached hydrogens (tertiary/aromatic N) is 3. The van der Waals surface area contributed by atoms with Crippen LogP contribution in [-0.4, -0.2) is 21.7 Å². The highest BCUT2D eigenvalue weighted by atomic mass is 19.1. The van der Waals surface area contributed by atoms with Gasteiger partial charge in [-0.3, -0.25) is 4.98 Å². The Balaban J connectivity index is 1.42. The first-order chi connectivity index (χ1) is 15.5. The van der Waals surface area contributed by atoms with Gasteiger partial charge in [0.15, 0.2) is 0 Å². The fourth-order valence-electron chi connectivity index (χ4n) is 4.68. The topological polar surface area (TPSA) is 63.8 Å². The van der Waals surface area contributed by atoms with E-state index >= 15 is 0 Å². The fraction of sp³-hybridized carbons (Fsp3) is 0.423. The van der Waals surface area contributed by atoms with Gasteiger partial charge in [0.05, 0.1) is 5.56 Å². The molecular formula is C26H31FN4O. The van der Waals surface area contributed by atoms with E-state index in [2.05, 4.69) is 53.4 Å². The molecule has 0 aliphatic heterocycles. The summed E-state index contributed by atoms with van der Waals surface area (Å²) in [6.07, 6.45) is 7.89. The summed E-state index contributed by atoms with van der Waals surface area (Å²) >= 11 is 0. The summed E-state index contributed by atoms with van der Waals surface area (Å²) in [4.78, 5) is 4.19. The van der Waals surface area contributed by atoms with Crippen molar-refractivity contribution in [3.8, 4) is 11.5 Å². The third-order valence-electron chi connectivity index (χ3n) is 6.51. The van der Waals surface area contributed by atoms with Crippen LogP contribution in [0.1, 0.15) is 38.6 Å². The number of allylic oxidation sites excluding steroid dienone is 1. The van der Waals surface area contributed by atoms with Crippen molar-refractivity contribution >= 4 is 0 Å². The van der Waals surface area contributed by atoms with Crippen LogP contribution < -0.4 is 5.32 Å². The highest BCUT2D eigenvalue weighted by molar-refractivity contribution is 5.53. The van der Waals surface area contributed by atoms with Gasteiger partial charge >= 0.3 is 0 Å². The standard InChI is InChI=1S/C26H31FN4O/c1-17(2)23-12-20(13-25-30-31-26(32-25)22-8-4-5-9-24(22)27)18(3)11-21(23)16-29-15-19-7-6-10-28-14-19/h4-11,14,17,20-21,23,29H,12-13,15-16H2,1-3H3/t20-,21-,23-/m0/s1. The van der Waals surface area contributed by atoms with Crippen molar-refractivity contribution in [3.05, 3.63) is 77.7 Å². The van der Waals surface area contributed by atoms with Crippen LogP contribution >= 0.6 is 0 Å². The summed E-state index contributed by atoms with van der Waals surface area (Å²) in [5.41, 5.74) is 2.91. The summed E-state index contributed by atoms with van der Waals surface area (Å²) < 4.78 is 19.9. The monoisotopic (exact) mass is 434 g/mol. The molecule has 0 unspecified atom stereocenters. The fourth-order valence-corrected chi connectivity index (χ4v) is 4.68. The van der Waals surface area contributed by atoms with E-state index in [-0.39, 0.29) is 11.7 Å². The van der Waals surface area contributed by atoms with Gasteiger partial charge in [-0.1, -0.05) is 43.7 Å². The molecule has 5 nitrogen and oxygen atoms in total. The Bertz CT molecular complexity index is 1050. The van der Waals surface area contributed by atoms with Gasteiger partial charge in [-0.15, -0.1) is 10.2 Å². The van der Waals surface area contributed by atoms with Crippen LogP contribution in [-0.2, 0) is 13.0 Å². The number of hydrogen-bond donors (Lipinski definition) is 1. The smallest absolute Gasteiger partial charge is 0.250 e. The zero-order chi connectivity index (χ0) is 22.5. The predicted molar refractivity (Wildman–Crippen MR) is 123 cm³/mol. The highest BCUT2D eigenvalue weighted by Gasteiger charge is 2.32. The van der Waals surface area contributed by atoms with Crippen molar-refractivity contribution in [1.29, 1.82) is 0 Å². The van der Waals surface area contributed by atoms with E-state index in [1.807, 2.05) is 12.3 Å². The number of halogens is 1. The quantitative estimate of drug-likeness (QED) is 0.477. The molecule has 0 amide bonds. The third kappa shape index (κ3) is 5.30. The van der Waals surface area contributed by atoms with Gasteiger partial charge in [-0.2, -0.15) is 0 Å². The normalized spacial score (nSPS) is 21.0. The Labute approximate surface area is 189 Å². The number of benzene rings is 1. The van der Waals surface area contributed by atoms with E-state index < -0.39 is 0 Å². The van der Waals surface area contributed by atoms with Crippen LogP contribution in [0.5, 0.6) is 0 Å². The molecule has 1 N–H and O–H groups in total. The number of rotatable bonds is 8. The van der Waals surface area contributed by atoms with Crippen LogP contribution in [0.15, 0.2) is 64.9 Å². The molecule has 0 saturated heterocycles. The largest absolute Gasteiger partial charge is 0.421 e. The average molecular weight is 435 g/mol. The van der Waals surface area contributed by atoms with E-state index in [1.165, 1.54) is 17.2 Å². The molecule has 0 spiro atoms. The molecule has 4 rings (SSSR count). The highest BCUT2D eigenvalue weighted by Crippen LogP contribution is 2.39. The SMILES string of the molecule is CC1=C[C@@H](CNCc2cccnc2)[C@H](C(C)C)C[C@H]1Cc1nnc(-c2ccccc2F)o1. The molecule has 3 aromatic rings. The minimum atomic E-state index is -0.349. The molecule has 1 aliphatic rings. The van der Waals surface area contributed by atoms with Crippen LogP contribution in [0.2, 0.25) is 0 Å². The third-order valence-corrected chi connectivity index (χ3v) is 6.51. The van der Waals surface area contributed by atoms with E-state index in [9.17, 15) is 4.39 Å². The van der Waals surface area contributed by atoms with E-state index in [0.29, 0.717) is 41.5 Å². The summed E-state index contributed by atoms with van der Waals surface area (Å²) in [7, 11) is 0. The maximum Gasteiger partial charge on any atom is 0.250 e. The van der Waals surface area contributed by atoms with Crippen molar-refractivity contribution < 1.29 is 8.81 Å². The van der Waals surface area contributed by atoms with Crippen LogP contribution in [0.25, 0.3) is 11.5 Å². The Morgan fingerprint density at radius 2 is 2.00 bits per heavy atom. The van der Waals surface area contributed by atoms with Gasteiger partial charge in [0.2, 0.25) is 5.89 Å². The number of aromatic nitrogens is 3. The van der Waals surface area contributed by atoms with E-state index in [0.717, 1.165) is 19.5 Å². The minimum absolute atomic E-state index is 0.244. The molecule has 1 aromatic carbocycles. The van der Waals surface area contributed by atoms with Gasteiger partial charge in [-0.25, -0.2) is 4.39 Å². The van der Waals surface area contributed by atoms with Crippen molar-refractivity contribution in [2.45, 2.75) is 40.2 Å². The first kappa shape index (κ1) is 22.3. The molecule has 168 valence electrons. The van der Waals surface area contributed by atoms with E-state index in [4.69, 9.17) is 4.42 Å². The summed E-state index contributed by atoms with van der Waals surface area (Å²) in [5, 5.41) is 11.9. The lowest BCUT2D eigenvalue weighted by Crippen LogP contribution is -2.34. The van der Waals surface area contributed by atoms with Crippen molar-refractivity contribution in [3.63, 3.8) is 0 Å². The predicted octanol–water partition coefficient (Wildman–Crippen LogP) is 5.46. The lowest BCUT2D eigenvalue weighted by atomic mass is 9.70. The molecular weight excluding hydrogens is 403 g/mol. The molecule has 0 fully saturated rings. The molecule has 0 radical (unpaired) electrons. The van der Waals surface area contributed by atoms with Crippen molar-refractivity contribution in [2.24, 2.45) is 23.7 Å². The Hall–Kier alpha value is -2.86.